The first-order valence-corrected chi connectivity index (χ1v) is 9.07. The minimum atomic E-state index is -0.978. The first-order chi connectivity index (χ1) is 13.0. The first-order valence-electron chi connectivity index (χ1n) is 9.07. The highest BCUT2D eigenvalue weighted by atomic mass is 19.1. The fraction of sp³-hybridized carbons (Fsp3) is 0.421. The molecule has 4 rings (SSSR count). The van der Waals surface area contributed by atoms with Crippen molar-refractivity contribution in [1.29, 1.82) is 0 Å². The van der Waals surface area contributed by atoms with Gasteiger partial charge in [-0.3, -0.25) is 14.7 Å². The van der Waals surface area contributed by atoms with Crippen molar-refractivity contribution in [1.82, 2.24) is 20.4 Å². The summed E-state index contributed by atoms with van der Waals surface area (Å²) in [5.41, 5.74) is -0.150. The molecule has 1 spiro atoms. The third-order valence-electron chi connectivity index (χ3n) is 5.62. The Labute approximate surface area is 155 Å². The summed E-state index contributed by atoms with van der Waals surface area (Å²) in [5, 5.41) is 19.9. The number of nitrogens with one attached hydrogen (secondary N) is 2. The van der Waals surface area contributed by atoms with E-state index < -0.39 is 17.3 Å². The predicted octanol–water partition coefficient (Wildman–Crippen LogP) is 1.32. The number of carbonyl (C=O) groups excluding carboxylic acids is 2. The van der Waals surface area contributed by atoms with Gasteiger partial charge < -0.3 is 15.3 Å². The molecule has 2 aromatic rings. The molecule has 0 aliphatic carbocycles. The molecule has 2 fully saturated rings. The van der Waals surface area contributed by atoms with Crippen molar-refractivity contribution in [3.63, 3.8) is 0 Å². The minimum absolute atomic E-state index is 0.140. The number of hydrogen-bond acceptors (Lipinski definition) is 4. The Kier molecular flexibility index (Phi) is 4.43. The van der Waals surface area contributed by atoms with Crippen LogP contribution in [0.2, 0.25) is 0 Å². The molecule has 3 heterocycles. The van der Waals surface area contributed by atoms with Gasteiger partial charge in [-0.25, -0.2) is 4.39 Å². The lowest BCUT2D eigenvalue weighted by molar-refractivity contribution is -0.147. The van der Waals surface area contributed by atoms with Gasteiger partial charge in [0.05, 0.1) is 29.0 Å². The maximum Gasteiger partial charge on any atom is 0.257 e. The zero-order valence-corrected chi connectivity index (χ0v) is 14.7. The molecule has 7 nitrogen and oxygen atoms in total. The molecule has 2 amide bonds. The van der Waals surface area contributed by atoms with Crippen LogP contribution < -0.4 is 5.32 Å². The molecule has 2 aliphatic rings. The first kappa shape index (κ1) is 17.7. The van der Waals surface area contributed by atoms with E-state index in [4.69, 9.17) is 0 Å². The lowest BCUT2D eigenvalue weighted by Gasteiger charge is -2.46. The van der Waals surface area contributed by atoms with E-state index >= 15 is 0 Å². The van der Waals surface area contributed by atoms with Crippen LogP contribution in [0.15, 0.2) is 30.5 Å². The Morgan fingerprint density at radius 2 is 2.19 bits per heavy atom. The van der Waals surface area contributed by atoms with Crippen LogP contribution in [0.5, 0.6) is 0 Å². The number of amides is 2. The number of likely N-dealkylation sites (tertiary alicyclic amines) is 1. The van der Waals surface area contributed by atoms with Crippen LogP contribution in [-0.2, 0) is 4.79 Å². The largest absolute Gasteiger partial charge is 0.392 e. The summed E-state index contributed by atoms with van der Waals surface area (Å²) in [6.07, 6.45) is 2.22. The summed E-state index contributed by atoms with van der Waals surface area (Å²) in [5.74, 6) is -0.986. The maximum absolute atomic E-state index is 14.2. The predicted molar refractivity (Wildman–Crippen MR) is 95.2 cm³/mol. The van der Waals surface area contributed by atoms with Crippen LogP contribution in [0.1, 0.15) is 29.6 Å². The number of piperidine rings is 2. The topological polar surface area (TPSA) is 98.3 Å². The number of halogens is 1. The second kappa shape index (κ2) is 6.77. The minimum Gasteiger partial charge on any atom is -0.392 e. The average Bonchev–Trinajstić information content (AvgIpc) is 3.15. The van der Waals surface area contributed by atoms with Crippen molar-refractivity contribution in [3.8, 4) is 11.3 Å². The van der Waals surface area contributed by atoms with Gasteiger partial charge in [0, 0.05) is 25.2 Å². The van der Waals surface area contributed by atoms with Crippen LogP contribution >= 0.6 is 0 Å². The summed E-state index contributed by atoms with van der Waals surface area (Å²) in [7, 11) is 0. The SMILES string of the molecule is O=C(c1cn[nH]c1-c1ccccc1F)N1CC[C@@H](O)[C@@]2(CCCNC2=O)C1. The number of H-pyrrole nitrogens is 1. The third kappa shape index (κ3) is 2.90. The molecule has 0 radical (unpaired) electrons. The van der Waals surface area contributed by atoms with Crippen LogP contribution in [-0.4, -0.2) is 57.8 Å². The summed E-state index contributed by atoms with van der Waals surface area (Å²) in [4.78, 5) is 27.2. The van der Waals surface area contributed by atoms with Gasteiger partial charge >= 0.3 is 0 Å². The van der Waals surface area contributed by atoms with Crippen molar-refractivity contribution in [2.24, 2.45) is 5.41 Å². The molecule has 2 atom stereocenters. The summed E-state index contributed by atoms with van der Waals surface area (Å²) in [6, 6.07) is 6.17. The lowest BCUT2D eigenvalue weighted by Crippen LogP contribution is -2.62. The van der Waals surface area contributed by atoms with E-state index in [0.717, 1.165) is 6.42 Å². The number of aromatic nitrogens is 2. The lowest BCUT2D eigenvalue weighted by atomic mass is 9.71. The molecule has 2 saturated heterocycles. The highest BCUT2D eigenvalue weighted by molar-refractivity contribution is 6.00. The van der Waals surface area contributed by atoms with Crippen LogP contribution in [0.4, 0.5) is 4.39 Å². The highest BCUT2D eigenvalue weighted by Crippen LogP contribution is 2.38. The molecule has 27 heavy (non-hydrogen) atoms. The number of benzene rings is 1. The Hall–Kier alpha value is -2.74. The second-order valence-corrected chi connectivity index (χ2v) is 7.19. The van der Waals surface area contributed by atoms with E-state index in [1.165, 1.54) is 12.3 Å². The third-order valence-corrected chi connectivity index (χ3v) is 5.62. The van der Waals surface area contributed by atoms with Gasteiger partial charge in [0.15, 0.2) is 0 Å². The van der Waals surface area contributed by atoms with Crippen LogP contribution in [0.3, 0.4) is 0 Å². The van der Waals surface area contributed by atoms with Crippen molar-refractivity contribution >= 4 is 11.8 Å². The molecule has 0 unspecified atom stereocenters. The van der Waals surface area contributed by atoms with Gasteiger partial charge in [0.2, 0.25) is 5.91 Å². The average molecular weight is 372 g/mol. The normalized spacial score (nSPS) is 25.5. The fourth-order valence-corrected chi connectivity index (χ4v) is 4.10. The standard InChI is InChI=1S/C19H21FN4O3/c20-14-5-2-1-4-12(14)16-13(10-22-23-16)17(26)24-9-6-15(25)19(11-24)7-3-8-21-18(19)27/h1-2,4-5,10,15,25H,3,6-9,11H2,(H,21,27)(H,22,23)/t15-,19-/m1/s1. The second-order valence-electron chi connectivity index (χ2n) is 7.19. The van der Waals surface area contributed by atoms with E-state index in [2.05, 4.69) is 15.5 Å². The van der Waals surface area contributed by atoms with Gasteiger partial charge in [-0.05, 0) is 31.4 Å². The van der Waals surface area contributed by atoms with Gasteiger partial charge in [0.1, 0.15) is 5.82 Å². The number of nitrogens with zero attached hydrogens (tertiary/aromatic N) is 2. The number of aliphatic hydroxyl groups excluding tert-OH is 1. The Bertz CT molecular complexity index is 883. The molecular formula is C19H21FN4O3. The number of aliphatic hydroxyl groups is 1. The van der Waals surface area contributed by atoms with E-state index in [1.807, 2.05) is 0 Å². The molecular weight excluding hydrogens is 351 g/mol. The Morgan fingerprint density at radius 1 is 1.37 bits per heavy atom. The molecule has 0 bridgehead atoms. The van der Waals surface area contributed by atoms with E-state index in [9.17, 15) is 19.1 Å². The molecule has 0 saturated carbocycles. The van der Waals surface area contributed by atoms with E-state index in [1.54, 1.807) is 23.1 Å². The maximum atomic E-state index is 14.2. The molecule has 2 aliphatic heterocycles. The smallest absolute Gasteiger partial charge is 0.257 e. The van der Waals surface area contributed by atoms with Crippen molar-refractivity contribution in [2.45, 2.75) is 25.4 Å². The van der Waals surface area contributed by atoms with Gasteiger partial charge in [-0.15, -0.1) is 0 Å². The molecule has 1 aromatic carbocycles. The quantitative estimate of drug-likeness (QED) is 0.740. The van der Waals surface area contributed by atoms with Gasteiger partial charge in [0.25, 0.3) is 5.91 Å². The van der Waals surface area contributed by atoms with Crippen molar-refractivity contribution in [3.05, 3.63) is 41.8 Å². The Balaban J connectivity index is 1.64. The van der Waals surface area contributed by atoms with E-state index in [-0.39, 0.29) is 29.5 Å². The molecule has 3 N–H and O–H groups in total. The zero-order chi connectivity index (χ0) is 19.0. The van der Waals surface area contributed by atoms with Crippen molar-refractivity contribution in [2.75, 3.05) is 19.6 Å². The van der Waals surface area contributed by atoms with E-state index in [0.29, 0.717) is 31.6 Å². The fourth-order valence-electron chi connectivity index (χ4n) is 4.10. The van der Waals surface area contributed by atoms with Crippen LogP contribution in [0.25, 0.3) is 11.3 Å². The Morgan fingerprint density at radius 3 is 2.96 bits per heavy atom. The van der Waals surface area contributed by atoms with Crippen molar-refractivity contribution < 1.29 is 19.1 Å². The number of rotatable bonds is 2. The summed E-state index contributed by atoms with van der Waals surface area (Å²) in [6.45, 7) is 1.05. The highest BCUT2D eigenvalue weighted by Gasteiger charge is 2.50. The van der Waals surface area contributed by atoms with Gasteiger partial charge in [-0.1, -0.05) is 12.1 Å². The zero-order valence-electron chi connectivity index (χ0n) is 14.7. The summed E-state index contributed by atoms with van der Waals surface area (Å²) < 4.78 is 14.2. The van der Waals surface area contributed by atoms with Gasteiger partial charge in [-0.2, -0.15) is 5.10 Å². The number of carbonyl (C=O) groups is 2. The molecule has 8 heteroatoms. The molecule has 1 aromatic heterocycles. The summed E-state index contributed by atoms with van der Waals surface area (Å²) >= 11 is 0. The monoisotopic (exact) mass is 372 g/mol. The van der Waals surface area contributed by atoms with Crippen LogP contribution in [0, 0.1) is 11.2 Å². The number of aromatic amines is 1. The molecule has 142 valence electrons. The number of hydrogen-bond donors (Lipinski definition) is 3.